The fourth-order valence-electron chi connectivity index (χ4n) is 3.92. The molecule has 2 N–H and O–H groups in total. The summed E-state index contributed by atoms with van der Waals surface area (Å²) in [6.07, 6.45) is 1.26. The van der Waals surface area contributed by atoms with Crippen molar-refractivity contribution >= 4 is 40.4 Å². The standard InChI is InChI=1S/C20H20ClFN6O2/c1-11(29)27-7-6-26(19(30)20(27,2)3)12-4-5-15(22)13(8-12)16-9-14(21)17-18(23)24-10-25-28(16)17/h4-5,8-10H,6-7H2,1-3H3,(H2,23,24,25). The summed E-state index contributed by atoms with van der Waals surface area (Å²) in [5.41, 5.74) is 6.37. The molecular formula is C20H20ClFN6O2. The topological polar surface area (TPSA) is 96.8 Å². The molecule has 10 heteroatoms. The van der Waals surface area contributed by atoms with Crippen LogP contribution >= 0.6 is 11.6 Å². The summed E-state index contributed by atoms with van der Waals surface area (Å²) in [5.74, 6) is -0.735. The van der Waals surface area contributed by atoms with Crippen LogP contribution in [-0.2, 0) is 9.59 Å². The third kappa shape index (κ3) is 2.97. The Balaban J connectivity index is 1.80. The fraction of sp³-hybridized carbons (Fsp3) is 0.300. The number of carbonyl (C=O) groups is 2. The number of halogens is 2. The highest BCUT2D eigenvalue weighted by atomic mass is 35.5. The first-order valence-electron chi connectivity index (χ1n) is 9.30. The van der Waals surface area contributed by atoms with Gasteiger partial charge in [-0.2, -0.15) is 5.10 Å². The number of nitrogen functional groups attached to an aromatic ring is 1. The lowest BCUT2D eigenvalue weighted by Crippen LogP contribution is -2.64. The first kappa shape index (κ1) is 20.1. The molecule has 0 spiro atoms. The molecule has 0 unspecified atom stereocenters. The van der Waals surface area contributed by atoms with E-state index in [0.717, 1.165) is 0 Å². The zero-order valence-corrected chi connectivity index (χ0v) is 17.4. The van der Waals surface area contributed by atoms with Crippen molar-refractivity contribution in [3.63, 3.8) is 0 Å². The van der Waals surface area contributed by atoms with Gasteiger partial charge in [-0.15, -0.1) is 0 Å². The molecule has 2 amide bonds. The number of anilines is 2. The monoisotopic (exact) mass is 430 g/mol. The second-order valence-corrected chi connectivity index (χ2v) is 8.04. The maximum atomic E-state index is 14.8. The van der Waals surface area contributed by atoms with Crippen molar-refractivity contribution in [2.45, 2.75) is 26.3 Å². The summed E-state index contributed by atoms with van der Waals surface area (Å²) in [4.78, 5) is 32.1. The van der Waals surface area contributed by atoms with E-state index in [1.807, 2.05) is 0 Å². The molecule has 1 aliphatic rings. The van der Waals surface area contributed by atoms with E-state index >= 15 is 0 Å². The van der Waals surface area contributed by atoms with Gasteiger partial charge in [0, 0.05) is 31.3 Å². The first-order chi connectivity index (χ1) is 14.1. The Labute approximate surface area is 177 Å². The molecule has 1 saturated heterocycles. The van der Waals surface area contributed by atoms with Gasteiger partial charge in [0.15, 0.2) is 5.82 Å². The number of fused-ring (bicyclic) bond motifs is 1. The van der Waals surface area contributed by atoms with Gasteiger partial charge in [0.25, 0.3) is 5.91 Å². The molecule has 3 heterocycles. The third-order valence-corrected chi connectivity index (χ3v) is 5.73. The lowest BCUT2D eigenvalue weighted by Gasteiger charge is -2.45. The summed E-state index contributed by atoms with van der Waals surface area (Å²) < 4.78 is 16.2. The third-order valence-electron chi connectivity index (χ3n) is 5.44. The van der Waals surface area contributed by atoms with Crippen LogP contribution in [0.2, 0.25) is 5.02 Å². The van der Waals surface area contributed by atoms with Crippen LogP contribution in [0.1, 0.15) is 20.8 Å². The summed E-state index contributed by atoms with van der Waals surface area (Å²) in [5, 5.41) is 4.43. The molecule has 30 heavy (non-hydrogen) atoms. The molecular weight excluding hydrogens is 411 g/mol. The van der Waals surface area contributed by atoms with Crippen molar-refractivity contribution in [1.29, 1.82) is 0 Å². The van der Waals surface area contributed by atoms with E-state index in [0.29, 0.717) is 35.0 Å². The van der Waals surface area contributed by atoms with Crippen LogP contribution in [0, 0.1) is 5.82 Å². The Bertz CT molecular complexity index is 1190. The minimum absolute atomic E-state index is 0.167. The summed E-state index contributed by atoms with van der Waals surface area (Å²) in [7, 11) is 0. The van der Waals surface area contributed by atoms with Gasteiger partial charge in [0.2, 0.25) is 5.91 Å². The Morgan fingerprint density at radius 2 is 2.00 bits per heavy atom. The molecule has 0 atom stereocenters. The zero-order chi connectivity index (χ0) is 21.8. The molecule has 0 bridgehead atoms. The Kier molecular flexibility index (Phi) is 4.65. The highest BCUT2D eigenvalue weighted by molar-refractivity contribution is 6.35. The van der Waals surface area contributed by atoms with Crippen molar-refractivity contribution in [1.82, 2.24) is 19.5 Å². The Morgan fingerprint density at radius 1 is 1.27 bits per heavy atom. The molecule has 1 aliphatic heterocycles. The smallest absolute Gasteiger partial charge is 0.252 e. The molecule has 1 aromatic carbocycles. The van der Waals surface area contributed by atoms with Crippen molar-refractivity contribution < 1.29 is 14.0 Å². The zero-order valence-electron chi connectivity index (χ0n) is 16.7. The molecule has 0 saturated carbocycles. The quantitative estimate of drug-likeness (QED) is 0.674. The summed E-state index contributed by atoms with van der Waals surface area (Å²) >= 11 is 6.27. The van der Waals surface area contributed by atoms with Crippen LogP contribution in [0.25, 0.3) is 16.8 Å². The first-order valence-corrected chi connectivity index (χ1v) is 9.68. The molecule has 2 aromatic heterocycles. The number of piperazine rings is 1. The number of benzene rings is 1. The van der Waals surface area contributed by atoms with Crippen molar-refractivity contribution in [2.24, 2.45) is 0 Å². The highest BCUT2D eigenvalue weighted by Gasteiger charge is 2.43. The predicted molar refractivity (Wildman–Crippen MR) is 112 cm³/mol. The lowest BCUT2D eigenvalue weighted by atomic mass is 9.96. The van der Waals surface area contributed by atoms with E-state index in [9.17, 15) is 14.0 Å². The van der Waals surface area contributed by atoms with Crippen LogP contribution in [0.4, 0.5) is 15.9 Å². The number of hydrogen-bond acceptors (Lipinski definition) is 5. The number of nitrogens with zero attached hydrogens (tertiary/aromatic N) is 5. The highest BCUT2D eigenvalue weighted by Crippen LogP contribution is 2.35. The minimum atomic E-state index is -1.01. The predicted octanol–water partition coefficient (Wildman–Crippen LogP) is 2.74. The van der Waals surface area contributed by atoms with Gasteiger partial charge in [-0.1, -0.05) is 11.6 Å². The van der Waals surface area contributed by atoms with Crippen molar-refractivity contribution in [3.05, 3.63) is 41.4 Å². The maximum absolute atomic E-state index is 14.8. The van der Waals surface area contributed by atoms with Crippen molar-refractivity contribution in [3.8, 4) is 11.3 Å². The second kappa shape index (κ2) is 6.94. The number of amides is 2. The van der Waals surface area contributed by atoms with Crippen LogP contribution < -0.4 is 10.6 Å². The van der Waals surface area contributed by atoms with Gasteiger partial charge in [-0.25, -0.2) is 13.9 Å². The van der Waals surface area contributed by atoms with Crippen LogP contribution in [0.15, 0.2) is 30.6 Å². The van der Waals surface area contributed by atoms with Crippen LogP contribution in [0.5, 0.6) is 0 Å². The maximum Gasteiger partial charge on any atom is 0.252 e. The Morgan fingerprint density at radius 3 is 2.70 bits per heavy atom. The molecule has 4 rings (SSSR count). The summed E-state index contributed by atoms with van der Waals surface area (Å²) in [6, 6.07) is 5.96. The van der Waals surface area contributed by atoms with E-state index in [4.69, 9.17) is 17.3 Å². The average Bonchev–Trinajstić information content (AvgIpc) is 3.02. The normalized spacial score (nSPS) is 16.4. The van der Waals surface area contributed by atoms with E-state index in [1.54, 1.807) is 30.9 Å². The largest absolute Gasteiger partial charge is 0.382 e. The number of carbonyl (C=O) groups excluding carboxylic acids is 2. The van der Waals surface area contributed by atoms with Gasteiger partial charge in [0.1, 0.15) is 23.2 Å². The van der Waals surface area contributed by atoms with Crippen LogP contribution in [0.3, 0.4) is 0 Å². The second-order valence-electron chi connectivity index (χ2n) is 7.63. The van der Waals surface area contributed by atoms with Gasteiger partial charge >= 0.3 is 0 Å². The fourth-order valence-corrected chi connectivity index (χ4v) is 4.20. The lowest BCUT2D eigenvalue weighted by molar-refractivity contribution is -0.145. The molecule has 156 valence electrons. The number of hydrogen-bond donors (Lipinski definition) is 1. The molecule has 3 aromatic rings. The van der Waals surface area contributed by atoms with E-state index < -0.39 is 11.4 Å². The number of aromatic nitrogens is 3. The van der Waals surface area contributed by atoms with E-state index in [2.05, 4.69) is 10.1 Å². The molecule has 8 nitrogen and oxygen atoms in total. The van der Waals surface area contributed by atoms with Crippen molar-refractivity contribution in [2.75, 3.05) is 23.7 Å². The van der Waals surface area contributed by atoms with Gasteiger partial charge in [-0.3, -0.25) is 9.59 Å². The van der Waals surface area contributed by atoms with E-state index in [-0.39, 0.29) is 23.2 Å². The molecule has 1 fully saturated rings. The molecule has 0 radical (unpaired) electrons. The Hall–Kier alpha value is -3.20. The van der Waals surface area contributed by atoms with Crippen LogP contribution in [-0.4, -0.2) is 49.9 Å². The summed E-state index contributed by atoms with van der Waals surface area (Å²) in [6.45, 7) is 5.53. The van der Waals surface area contributed by atoms with Gasteiger partial charge in [0.05, 0.1) is 10.7 Å². The average molecular weight is 431 g/mol. The van der Waals surface area contributed by atoms with Gasteiger partial charge in [-0.05, 0) is 38.1 Å². The number of nitrogens with two attached hydrogens (primary N) is 1. The minimum Gasteiger partial charge on any atom is -0.382 e. The number of rotatable bonds is 2. The van der Waals surface area contributed by atoms with E-state index in [1.165, 1.54) is 34.8 Å². The molecule has 0 aliphatic carbocycles. The van der Waals surface area contributed by atoms with Gasteiger partial charge < -0.3 is 15.5 Å². The SMILES string of the molecule is CC(=O)N1CCN(c2ccc(F)c(-c3cc(Cl)c4c(N)ncnn34)c2)C(=O)C1(C)C.